The summed E-state index contributed by atoms with van der Waals surface area (Å²) in [5, 5.41) is 0. The summed E-state index contributed by atoms with van der Waals surface area (Å²) >= 11 is 0. The van der Waals surface area contributed by atoms with Crippen LogP contribution in [0.1, 0.15) is 23.3 Å². The van der Waals surface area contributed by atoms with E-state index in [1.807, 2.05) is 30.3 Å². The Labute approximate surface area is 193 Å². The Morgan fingerprint density at radius 3 is 2.30 bits per heavy atom. The second-order valence-electron chi connectivity index (χ2n) is 7.75. The van der Waals surface area contributed by atoms with Gasteiger partial charge in [-0.1, -0.05) is 42.5 Å². The van der Waals surface area contributed by atoms with E-state index < -0.39 is 0 Å². The molecule has 0 N–H and O–H groups in total. The SMILES string of the molecule is COCCN(CC(=O)N(Cc1ccc(F)cc1)Cc1ccco1)C(=O)CCc1ccccc1. The molecular formula is C26H29FN2O4. The first-order chi connectivity index (χ1) is 16.0. The van der Waals surface area contributed by atoms with Crippen molar-refractivity contribution in [1.29, 1.82) is 0 Å². The molecule has 33 heavy (non-hydrogen) atoms. The number of ether oxygens (including phenoxy) is 1. The Morgan fingerprint density at radius 1 is 0.879 bits per heavy atom. The summed E-state index contributed by atoms with van der Waals surface area (Å²) in [5.74, 6) is -0.0365. The van der Waals surface area contributed by atoms with Gasteiger partial charge >= 0.3 is 0 Å². The Bertz CT molecular complexity index is 991. The van der Waals surface area contributed by atoms with Gasteiger partial charge in [-0.2, -0.15) is 0 Å². The van der Waals surface area contributed by atoms with Gasteiger partial charge in [0, 0.05) is 26.6 Å². The van der Waals surface area contributed by atoms with Crippen LogP contribution in [0, 0.1) is 5.82 Å². The number of hydrogen-bond acceptors (Lipinski definition) is 4. The maximum Gasteiger partial charge on any atom is 0.242 e. The molecule has 0 fully saturated rings. The number of methoxy groups -OCH3 is 1. The van der Waals surface area contributed by atoms with Crippen molar-refractivity contribution in [2.75, 3.05) is 26.8 Å². The summed E-state index contributed by atoms with van der Waals surface area (Å²) in [6, 6.07) is 19.3. The van der Waals surface area contributed by atoms with E-state index in [1.54, 1.807) is 42.5 Å². The highest BCUT2D eigenvalue weighted by Crippen LogP contribution is 2.13. The number of furan rings is 1. The molecule has 3 rings (SSSR count). The largest absolute Gasteiger partial charge is 0.467 e. The van der Waals surface area contributed by atoms with Crippen molar-refractivity contribution < 1.29 is 23.1 Å². The molecule has 1 heterocycles. The van der Waals surface area contributed by atoms with Gasteiger partial charge in [-0.25, -0.2) is 4.39 Å². The van der Waals surface area contributed by atoms with Gasteiger partial charge < -0.3 is 19.0 Å². The molecule has 0 radical (unpaired) electrons. The van der Waals surface area contributed by atoms with E-state index in [0.29, 0.717) is 31.8 Å². The van der Waals surface area contributed by atoms with Crippen LogP contribution >= 0.6 is 0 Å². The number of rotatable bonds is 12. The number of carbonyl (C=O) groups is 2. The van der Waals surface area contributed by atoms with Crippen LogP contribution in [-0.4, -0.2) is 48.4 Å². The van der Waals surface area contributed by atoms with E-state index in [9.17, 15) is 14.0 Å². The highest BCUT2D eigenvalue weighted by Gasteiger charge is 2.22. The fourth-order valence-electron chi connectivity index (χ4n) is 3.44. The van der Waals surface area contributed by atoms with Gasteiger partial charge in [0.05, 0.1) is 26.0 Å². The van der Waals surface area contributed by atoms with Gasteiger partial charge in [-0.15, -0.1) is 0 Å². The van der Waals surface area contributed by atoms with Gasteiger partial charge in [0.2, 0.25) is 11.8 Å². The molecule has 0 unspecified atom stereocenters. The topological polar surface area (TPSA) is 63.0 Å². The van der Waals surface area contributed by atoms with Crippen molar-refractivity contribution in [3.63, 3.8) is 0 Å². The second kappa shape index (κ2) is 12.6. The molecule has 0 aliphatic heterocycles. The average Bonchev–Trinajstić information content (AvgIpc) is 3.35. The number of nitrogens with zero attached hydrogens (tertiary/aromatic N) is 2. The lowest BCUT2D eigenvalue weighted by Gasteiger charge is -2.27. The summed E-state index contributed by atoms with van der Waals surface area (Å²) in [5.41, 5.74) is 1.86. The summed E-state index contributed by atoms with van der Waals surface area (Å²) in [6.45, 7) is 1.11. The normalized spacial score (nSPS) is 10.7. The molecule has 174 valence electrons. The Hall–Kier alpha value is -3.45. The summed E-state index contributed by atoms with van der Waals surface area (Å²) in [7, 11) is 1.56. The minimum Gasteiger partial charge on any atom is -0.467 e. The van der Waals surface area contributed by atoms with Crippen molar-refractivity contribution >= 4 is 11.8 Å². The third-order valence-corrected chi connectivity index (χ3v) is 5.28. The van der Waals surface area contributed by atoms with E-state index in [4.69, 9.17) is 9.15 Å². The van der Waals surface area contributed by atoms with E-state index in [1.165, 1.54) is 17.0 Å². The number of hydrogen-bond donors (Lipinski definition) is 0. The zero-order valence-electron chi connectivity index (χ0n) is 18.8. The summed E-state index contributed by atoms with van der Waals surface area (Å²) in [6.07, 6.45) is 2.45. The molecule has 0 saturated carbocycles. The average molecular weight is 453 g/mol. The molecule has 2 amide bonds. The maximum absolute atomic E-state index is 13.3. The number of carbonyl (C=O) groups excluding carboxylic acids is 2. The first-order valence-corrected chi connectivity index (χ1v) is 10.9. The van der Waals surface area contributed by atoms with Crippen molar-refractivity contribution in [1.82, 2.24) is 9.80 Å². The van der Waals surface area contributed by atoms with E-state index in [2.05, 4.69) is 0 Å². The van der Waals surface area contributed by atoms with Crippen LogP contribution in [0.25, 0.3) is 0 Å². The predicted octanol–water partition coefficient (Wildman–Crippen LogP) is 4.06. The zero-order chi connectivity index (χ0) is 23.5. The standard InChI is InChI=1S/C26H29FN2O4/c1-32-17-15-28(25(30)14-11-21-6-3-2-4-7-21)20-26(31)29(19-24-8-5-16-33-24)18-22-9-12-23(27)13-10-22/h2-10,12-13,16H,11,14-15,17-20H2,1H3. The highest BCUT2D eigenvalue weighted by atomic mass is 19.1. The number of halogens is 1. The van der Waals surface area contributed by atoms with Crippen LogP contribution in [0.4, 0.5) is 4.39 Å². The third-order valence-electron chi connectivity index (χ3n) is 5.28. The van der Waals surface area contributed by atoms with Crippen LogP contribution < -0.4 is 0 Å². The van der Waals surface area contributed by atoms with Gasteiger partial charge in [0.15, 0.2) is 0 Å². The van der Waals surface area contributed by atoms with Crippen molar-refractivity contribution in [3.05, 3.63) is 95.7 Å². The van der Waals surface area contributed by atoms with E-state index >= 15 is 0 Å². The Kier molecular flexibility index (Phi) is 9.20. The minimum atomic E-state index is -0.336. The zero-order valence-corrected chi connectivity index (χ0v) is 18.8. The maximum atomic E-state index is 13.3. The lowest BCUT2D eigenvalue weighted by atomic mass is 10.1. The summed E-state index contributed by atoms with van der Waals surface area (Å²) < 4.78 is 23.9. The molecule has 7 heteroatoms. The second-order valence-corrected chi connectivity index (χ2v) is 7.75. The lowest BCUT2D eigenvalue weighted by Crippen LogP contribution is -2.43. The molecule has 6 nitrogen and oxygen atoms in total. The summed E-state index contributed by atoms with van der Waals surface area (Å²) in [4.78, 5) is 29.3. The predicted molar refractivity (Wildman–Crippen MR) is 123 cm³/mol. The van der Waals surface area contributed by atoms with Crippen molar-refractivity contribution in [2.45, 2.75) is 25.9 Å². The van der Waals surface area contributed by atoms with Crippen LogP contribution in [-0.2, 0) is 33.8 Å². The van der Waals surface area contributed by atoms with Gasteiger partial charge in [-0.05, 0) is 41.8 Å². The first kappa shape index (κ1) is 24.2. The molecule has 3 aromatic rings. The van der Waals surface area contributed by atoms with E-state index in [0.717, 1.165) is 11.1 Å². The lowest BCUT2D eigenvalue weighted by molar-refractivity contribution is -0.141. The van der Waals surface area contributed by atoms with E-state index in [-0.39, 0.29) is 37.3 Å². The van der Waals surface area contributed by atoms with Crippen LogP contribution in [0.2, 0.25) is 0 Å². The van der Waals surface area contributed by atoms with Gasteiger partial charge in [0.25, 0.3) is 0 Å². The monoisotopic (exact) mass is 452 g/mol. The van der Waals surface area contributed by atoms with Crippen LogP contribution in [0.5, 0.6) is 0 Å². The Morgan fingerprint density at radius 2 is 1.64 bits per heavy atom. The highest BCUT2D eigenvalue weighted by molar-refractivity contribution is 5.85. The molecule has 0 saturated heterocycles. The van der Waals surface area contributed by atoms with Gasteiger partial charge in [0.1, 0.15) is 11.6 Å². The third kappa shape index (κ3) is 7.88. The van der Waals surface area contributed by atoms with Crippen molar-refractivity contribution in [3.8, 4) is 0 Å². The molecule has 1 aromatic heterocycles. The number of amides is 2. The molecule has 0 aliphatic carbocycles. The minimum absolute atomic E-state index is 0.0705. The molecule has 0 bridgehead atoms. The van der Waals surface area contributed by atoms with Crippen molar-refractivity contribution in [2.24, 2.45) is 0 Å². The van der Waals surface area contributed by atoms with Crippen LogP contribution in [0.3, 0.4) is 0 Å². The molecule has 2 aromatic carbocycles. The smallest absolute Gasteiger partial charge is 0.242 e. The molecule has 0 aliphatic rings. The molecular weight excluding hydrogens is 423 g/mol. The molecule has 0 spiro atoms. The fraction of sp³-hybridized carbons (Fsp3) is 0.308. The van der Waals surface area contributed by atoms with Crippen LogP contribution in [0.15, 0.2) is 77.4 Å². The molecule has 0 atom stereocenters. The fourth-order valence-corrected chi connectivity index (χ4v) is 3.44. The number of benzene rings is 2. The van der Waals surface area contributed by atoms with Gasteiger partial charge in [-0.3, -0.25) is 9.59 Å². The quantitative estimate of drug-likeness (QED) is 0.416. The first-order valence-electron chi connectivity index (χ1n) is 10.9. The Balaban J connectivity index is 1.69. The number of aryl methyl sites for hydroxylation is 1.